The van der Waals surface area contributed by atoms with Gasteiger partial charge in [0.05, 0.1) is 19.6 Å². The Hall–Kier alpha value is -2.24. The molecule has 144 valence electrons. The average Bonchev–Trinajstić information content (AvgIpc) is 2.61. The molecule has 0 atom stereocenters. The number of aryl methyl sites for hydroxylation is 2. The van der Waals surface area contributed by atoms with E-state index in [1.807, 2.05) is 39.8 Å². The smallest absolute Gasteiger partial charge is 0.409 e. The van der Waals surface area contributed by atoms with Gasteiger partial charge in [-0.3, -0.25) is 4.79 Å². The quantitative estimate of drug-likeness (QED) is 0.780. The Morgan fingerprint density at radius 3 is 2.35 bits per heavy atom. The second-order valence-electron chi connectivity index (χ2n) is 7.21. The van der Waals surface area contributed by atoms with Crippen molar-refractivity contribution in [2.75, 3.05) is 39.4 Å². The van der Waals surface area contributed by atoms with Crippen LogP contribution in [0.15, 0.2) is 18.2 Å². The Labute approximate surface area is 156 Å². The first-order valence-corrected chi connectivity index (χ1v) is 9.26. The predicted molar refractivity (Wildman–Crippen MR) is 100 cm³/mol. The van der Waals surface area contributed by atoms with Gasteiger partial charge in [0.15, 0.2) is 0 Å². The van der Waals surface area contributed by atoms with Gasteiger partial charge < -0.3 is 19.3 Å². The molecule has 1 aliphatic rings. The first-order valence-electron chi connectivity index (χ1n) is 9.26. The molecule has 6 heteroatoms. The number of ether oxygens (including phenoxy) is 2. The molecule has 0 N–H and O–H groups in total. The van der Waals surface area contributed by atoms with Crippen LogP contribution in [0.5, 0.6) is 5.75 Å². The van der Waals surface area contributed by atoms with Crippen LogP contribution < -0.4 is 4.74 Å². The van der Waals surface area contributed by atoms with Crippen LogP contribution >= 0.6 is 0 Å². The summed E-state index contributed by atoms with van der Waals surface area (Å²) in [7, 11) is 0. The highest BCUT2D eigenvalue weighted by Crippen LogP contribution is 2.19. The monoisotopic (exact) mass is 362 g/mol. The maximum absolute atomic E-state index is 12.3. The van der Waals surface area contributed by atoms with E-state index in [-0.39, 0.29) is 12.0 Å². The molecular formula is C20H30N2O4. The number of piperazine rings is 1. The number of benzene rings is 1. The van der Waals surface area contributed by atoms with Gasteiger partial charge in [-0.15, -0.1) is 0 Å². The third-order valence-corrected chi connectivity index (χ3v) is 4.33. The van der Waals surface area contributed by atoms with Crippen molar-refractivity contribution in [2.24, 2.45) is 5.92 Å². The molecular weight excluding hydrogens is 332 g/mol. The second kappa shape index (κ2) is 9.46. The molecule has 2 rings (SSSR count). The minimum Gasteiger partial charge on any atom is -0.493 e. The number of amides is 2. The summed E-state index contributed by atoms with van der Waals surface area (Å²) in [6.45, 7) is 10.9. The third kappa shape index (κ3) is 5.93. The Bertz CT molecular complexity index is 622. The lowest BCUT2D eigenvalue weighted by atomic mass is 10.1. The van der Waals surface area contributed by atoms with Crippen molar-refractivity contribution < 1.29 is 19.1 Å². The van der Waals surface area contributed by atoms with E-state index >= 15 is 0 Å². The van der Waals surface area contributed by atoms with Gasteiger partial charge in [-0.2, -0.15) is 0 Å². The Morgan fingerprint density at radius 1 is 1.08 bits per heavy atom. The van der Waals surface area contributed by atoms with E-state index in [1.165, 1.54) is 5.56 Å². The molecule has 0 saturated carbocycles. The van der Waals surface area contributed by atoms with E-state index in [0.29, 0.717) is 51.7 Å². The van der Waals surface area contributed by atoms with E-state index in [4.69, 9.17) is 9.47 Å². The lowest BCUT2D eigenvalue weighted by Crippen LogP contribution is -2.51. The molecule has 0 spiro atoms. The van der Waals surface area contributed by atoms with Gasteiger partial charge in [0.1, 0.15) is 5.75 Å². The van der Waals surface area contributed by atoms with E-state index in [0.717, 1.165) is 11.3 Å². The molecule has 0 aliphatic carbocycles. The molecule has 0 aromatic heterocycles. The summed E-state index contributed by atoms with van der Waals surface area (Å²) >= 11 is 0. The topological polar surface area (TPSA) is 59.1 Å². The highest BCUT2D eigenvalue weighted by molar-refractivity contribution is 5.77. The van der Waals surface area contributed by atoms with Gasteiger partial charge in [0.25, 0.3) is 0 Å². The Morgan fingerprint density at radius 2 is 1.73 bits per heavy atom. The van der Waals surface area contributed by atoms with Crippen LogP contribution in [0.3, 0.4) is 0 Å². The number of nitrogens with zero attached hydrogens (tertiary/aromatic N) is 2. The van der Waals surface area contributed by atoms with Gasteiger partial charge in [0, 0.05) is 26.2 Å². The van der Waals surface area contributed by atoms with E-state index in [9.17, 15) is 9.59 Å². The minimum atomic E-state index is -0.288. The lowest BCUT2D eigenvalue weighted by Gasteiger charge is -2.34. The zero-order chi connectivity index (χ0) is 19.1. The summed E-state index contributed by atoms with van der Waals surface area (Å²) in [4.78, 5) is 27.7. The van der Waals surface area contributed by atoms with Crippen molar-refractivity contribution in [3.63, 3.8) is 0 Å². The molecule has 1 saturated heterocycles. The van der Waals surface area contributed by atoms with Crippen molar-refractivity contribution in [1.82, 2.24) is 9.80 Å². The predicted octanol–water partition coefficient (Wildman–Crippen LogP) is 3.01. The highest BCUT2D eigenvalue weighted by Gasteiger charge is 2.25. The highest BCUT2D eigenvalue weighted by atomic mass is 16.6. The number of rotatable bonds is 6. The summed E-state index contributed by atoms with van der Waals surface area (Å²) in [5.74, 6) is 1.20. The molecule has 26 heavy (non-hydrogen) atoms. The summed E-state index contributed by atoms with van der Waals surface area (Å²) in [5, 5.41) is 0. The summed E-state index contributed by atoms with van der Waals surface area (Å²) in [6.07, 6.45) is 0.0504. The van der Waals surface area contributed by atoms with Crippen molar-refractivity contribution in [3.05, 3.63) is 29.3 Å². The molecule has 0 radical (unpaired) electrons. The molecule has 0 unspecified atom stereocenters. The zero-order valence-electron chi connectivity index (χ0n) is 16.3. The maximum Gasteiger partial charge on any atom is 0.409 e. The fourth-order valence-electron chi connectivity index (χ4n) is 2.84. The normalized spacial score (nSPS) is 14.5. The number of hydrogen-bond donors (Lipinski definition) is 0. The van der Waals surface area contributed by atoms with Crippen molar-refractivity contribution in [2.45, 2.75) is 34.1 Å². The zero-order valence-corrected chi connectivity index (χ0v) is 16.3. The van der Waals surface area contributed by atoms with Crippen LogP contribution in [-0.2, 0) is 9.53 Å². The Balaban J connectivity index is 1.70. The first-order chi connectivity index (χ1) is 12.4. The van der Waals surface area contributed by atoms with Crippen LogP contribution in [0, 0.1) is 19.8 Å². The molecule has 1 aromatic rings. The van der Waals surface area contributed by atoms with Crippen molar-refractivity contribution in [3.8, 4) is 5.75 Å². The van der Waals surface area contributed by atoms with Crippen LogP contribution in [-0.4, -0.2) is 61.2 Å². The fraction of sp³-hybridized carbons (Fsp3) is 0.600. The van der Waals surface area contributed by atoms with Crippen molar-refractivity contribution in [1.29, 1.82) is 0 Å². The SMILES string of the molecule is Cc1ccc(OCCC(=O)N2CCN(C(=O)OCC(C)C)CC2)c(C)c1. The first kappa shape index (κ1) is 20.1. The second-order valence-corrected chi connectivity index (χ2v) is 7.21. The molecule has 1 aliphatic heterocycles. The van der Waals surface area contributed by atoms with Crippen molar-refractivity contribution >= 4 is 12.0 Å². The fourth-order valence-corrected chi connectivity index (χ4v) is 2.84. The number of carbonyl (C=O) groups excluding carboxylic acids is 2. The van der Waals surface area contributed by atoms with Crippen LogP contribution in [0.1, 0.15) is 31.4 Å². The van der Waals surface area contributed by atoms with Gasteiger partial charge in [-0.1, -0.05) is 31.5 Å². The van der Waals surface area contributed by atoms with Crippen LogP contribution in [0.4, 0.5) is 4.79 Å². The number of hydrogen-bond acceptors (Lipinski definition) is 4. The lowest BCUT2D eigenvalue weighted by molar-refractivity contribution is -0.133. The standard InChI is InChI=1S/C20H30N2O4/c1-15(2)14-26-20(24)22-10-8-21(9-11-22)19(23)7-12-25-18-6-5-16(3)13-17(18)4/h5-6,13,15H,7-12,14H2,1-4H3. The minimum absolute atomic E-state index is 0.0602. The molecule has 1 aromatic carbocycles. The molecule has 1 fully saturated rings. The van der Waals surface area contributed by atoms with Gasteiger partial charge in [-0.05, 0) is 31.4 Å². The van der Waals surface area contributed by atoms with E-state index in [1.54, 1.807) is 9.80 Å². The maximum atomic E-state index is 12.3. The summed E-state index contributed by atoms with van der Waals surface area (Å²) < 4.78 is 11.0. The van der Waals surface area contributed by atoms with E-state index in [2.05, 4.69) is 6.07 Å². The van der Waals surface area contributed by atoms with Crippen LogP contribution in [0.2, 0.25) is 0 Å². The molecule has 0 bridgehead atoms. The number of carbonyl (C=O) groups is 2. The summed E-state index contributed by atoms with van der Waals surface area (Å²) in [6, 6.07) is 6.01. The van der Waals surface area contributed by atoms with Gasteiger partial charge in [-0.25, -0.2) is 4.79 Å². The van der Waals surface area contributed by atoms with Crippen LogP contribution in [0.25, 0.3) is 0 Å². The molecule has 1 heterocycles. The largest absolute Gasteiger partial charge is 0.493 e. The average molecular weight is 362 g/mol. The van der Waals surface area contributed by atoms with E-state index < -0.39 is 0 Å². The van der Waals surface area contributed by atoms with Gasteiger partial charge in [0.2, 0.25) is 5.91 Å². The molecule has 6 nitrogen and oxygen atoms in total. The van der Waals surface area contributed by atoms with Gasteiger partial charge >= 0.3 is 6.09 Å². The Kier molecular flexibility index (Phi) is 7.30. The third-order valence-electron chi connectivity index (χ3n) is 4.33. The molecule has 2 amide bonds. The summed E-state index contributed by atoms with van der Waals surface area (Å²) in [5.41, 5.74) is 2.27.